The number of hydrogen-bond donors (Lipinski definition) is 2. The summed E-state index contributed by atoms with van der Waals surface area (Å²) < 4.78 is 0. The van der Waals surface area contributed by atoms with E-state index in [0.717, 1.165) is 23.7 Å². The van der Waals surface area contributed by atoms with Crippen molar-refractivity contribution in [1.29, 1.82) is 0 Å². The van der Waals surface area contributed by atoms with Crippen molar-refractivity contribution < 1.29 is 0 Å². The molecule has 1 aliphatic rings. The number of pyridine rings is 1. The lowest BCUT2D eigenvalue weighted by Gasteiger charge is -2.13. The molecule has 0 amide bonds. The molecule has 1 atom stereocenters. The average molecular weight is 253 g/mol. The van der Waals surface area contributed by atoms with Crippen molar-refractivity contribution in [3.05, 3.63) is 24.0 Å². The van der Waals surface area contributed by atoms with E-state index in [-0.39, 0.29) is 0 Å². The van der Waals surface area contributed by atoms with Gasteiger partial charge < -0.3 is 11.1 Å². The Bertz CT molecular complexity index is 375. The molecular formula is C11H15N3S2. The smallest absolute Gasteiger partial charge is 0.106 e. The van der Waals surface area contributed by atoms with Crippen LogP contribution in [0.5, 0.6) is 0 Å². The highest BCUT2D eigenvalue weighted by molar-refractivity contribution is 7.99. The van der Waals surface area contributed by atoms with Gasteiger partial charge in [-0.1, -0.05) is 12.2 Å². The molecule has 86 valence electrons. The van der Waals surface area contributed by atoms with Crippen LogP contribution in [-0.2, 0) is 0 Å². The summed E-state index contributed by atoms with van der Waals surface area (Å²) in [6.45, 7) is 0.980. The fourth-order valence-electron chi connectivity index (χ4n) is 1.75. The molecule has 3 N–H and O–H groups in total. The zero-order valence-electron chi connectivity index (χ0n) is 8.98. The molecule has 1 aliphatic heterocycles. The van der Waals surface area contributed by atoms with Gasteiger partial charge >= 0.3 is 0 Å². The highest BCUT2D eigenvalue weighted by Gasteiger charge is 2.15. The number of nitrogens with zero attached hydrogens (tertiary/aromatic N) is 1. The van der Waals surface area contributed by atoms with Gasteiger partial charge in [0.2, 0.25) is 0 Å². The average Bonchev–Trinajstić information content (AvgIpc) is 2.79. The maximum Gasteiger partial charge on any atom is 0.106 e. The minimum absolute atomic E-state index is 0.422. The maximum atomic E-state index is 5.66. The minimum Gasteiger partial charge on any atom is -0.389 e. The number of thiocarbonyl (C=S) groups is 1. The van der Waals surface area contributed by atoms with E-state index >= 15 is 0 Å². The molecule has 5 heteroatoms. The van der Waals surface area contributed by atoms with Gasteiger partial charge in [-0.15, -0.1) is 0 Å². The molecule has 0 spiro atoms. The maximum absolute atomic E-state index is 5.66. The number of rotatable bonds is 4. The first-order valence-electron chi connectivity index (χ1n) is 5.33. The molecule has 16 heavy (non-hydrogen) atoms. The van der Waals surface area contributed by atoms with Crippen LogP contribution in [0, 0.1) is 5.92 Å². The van der Waals surface area contributed by atoms with Gasteiger partial charge in [0.15, 0.2) is 0 Å². The molecule has 1 saturated heterocycles. The Labute approximate surface area is 105 Å². The molecule has 2 rings (SSSR count). The topological polar surface area (TPSA) is 50.9 Å². The highest BCUT2D eigenvalue weighted by Crippen LogP contribution is 2.24. The van der Waals surface area contributed by atoms with Crippen LogP contribution in [0.3, 0.4) is 0 Å². The summed E-state index contributed by atoms with van der Waals surface area (Å²) >= 11 is 7.03. The third-order valence-corrected chi connectivity index (χ3v) is 4.14. The predicted molar refractivity (Wildman–Crippen MR) is 74.0 cm³/mol. The summed E-state index contributed by atoms with van der Waals surface area (Å²) in [5, 5.41) is 3.39. The van der Waals surface area contributed by atoms with E-state index in [1.54, 1.807) is 12.4 Å². The van der Waals surface area contributed by atoms with Crippen molar-refractivity contribution >= 4 is 34.7 Å². The van der Waals surface area contributed by atoms with E-state index in [9.17, 15) is 0 Å². The van der Waals surface area contributed by atoms with Crippen molar-refractivity contribution in [2.45, 2.75) is 6.42 Å². The molecule has 3 nitrogen and oxygen atoms in total. The summed E-state index contributed by atoms with van der Waals surface area (Å²) in [7, 11) is 0. The normalized spacial score (nSPS) is 19.6. The molecule has 0 radical (unpaired) electrons. The lowest BCUT2D eigenvalue weighted by atomic mass is 10.1. The number of anilines is 1. The first kappa shape index (κ1) is 11.7. The van der Waals surface area contributed by atoms with Crippen molar-refractivity contribution in [3.63, 3.8) is 0 Å². The molecule has 1 aromatic heterocycles. The van der Waals surface area contributed by atoms with Crippen LogP contribution in [0.1, 0.15) is 12.0 Å². The Hall–Kier alpha value is -0.810. The van der Waals surface area contributed by atoms with Crippen LogP contribution >= 0.6 is 24.0 Å². The van der Waals surface area contributed by atoms with Crippen molar-refractivity contribution in [2.75, 3.05) is 23.4 Å². The summed E-state index contributed by atoms with van der Waals surface area (Å²) in [5.74, 6) is 3.28. The van der Waals surface area contributed by atoms with Crippen LogP contribution in [0.25, 0.3) is 0 Å². The van der Waals surface area contributed by atoms with Crippen LogP contribution < -0.4 is 11.1 Å². The van der Waals surface area contributed by atoms with E-state index in [4.69, 9.17) is 18.0 Å². The number of thioether (sulfide) groups is 1. The van der Waals surface area contributed by atoms with Gasteiger partial charge in [0, 0.05) is 18.3 Å². The lowest BCUT2D eigenvalue weighted by Crippen LogP contribution is -2.18. The number of nitrogens with two attached hydrogens (primary N) is 1. The molecular weight excluding hydrogens is 238 g/mol. The number of nitrogens with one attached hydrogen (secondary N) is 1. The van der Waals surface area contributed by atoms with Crippen molar-refractivity contribution in [2.24, 2.45) is 11.7 Å². The lowest BCUT2D eigenvalue weighted by molar-refractivity contribution is 0.631. The SMILES string of the molecule is NC(=S)c1ccncc1NCC1CCSC1. The van der Waals surface area contributed by atoms with Gasteiger partial charge in [0.05, 0.1) is 11.9 Å². The fraction of sp³-hybridized carbons (Fsp3) is 0.455. The summed E-state index contributed by atoms with van der Waals surface area (Å²) in [6, 6.07) is 1.86. The highest BCUT2D eigenvalue weighted by atomic mass is 32.2. The molecule has 0 aliphatic carbocycles. The molecule has 1 aromatic rings. The van der Waals surface area contributed by atoms with Crippen molar-refractivity contribution in [1.82, 2.24) is 4.98 Å². The van der Waals surface area contributed by atoms with E-state index in [2.05, 4.69) is 10.3 Å². The van der Waals surface area contributed by atoms with Crippen LogP contribution in [-0.4, -0.2) is 28.0 Å². The van der Waals surface area contributed by atoms with E-state index < -0.39 is 0 Å². The molecule has 0 saturated carbocycles. The second-order valence-corrected chi connectivity index (χ2v) is 5.49. The summed E-state index contributed by atoms with van der Waals surface area (Å²) in [4.78, 5) is 4.51. The van der Waals surface area contributed by atoms with Crippen LogP contribution in [0.15, 0.2) is 18.5 Å². The van der Waals surface area contributed by atoms with Gasteiger partial charge in [-0.05, 0) is 29.9 Å². The summed E-state index contributed by atoms with van der Waals surface area (Å²) in [6.07, 6.45) is 4.79. The third-order valence-electron chi connectivity index (χ3n) is 2.69. The second kappa shape index (κ2) is 5.50. The minimum atomic E-state index is 0.422. The Morgan fingerprint density at radius 1 is 1.69 bits per heavy atom. The Balaban J connectivity index is 2.00. The van der Waals surface area contributed by atoms with E-state index in [1.807, 2.05) is 17.8 Å². The Morgan fingerprint density at radius 2 is 2.56 bits per heavy atom. The standard InChI is InChI=1S/C11H15N3S2/c12-11(15)9-1-3-13-6-10(9)14-5-8-2-4-16-7-8/h1,3,6,8,14H,2,4-5,7H2,(H2,12,15). The quantitative estimate of drug-likeness (QED) is 0.802. The fourth-order valence-corrected chi connectivity index (χ4v) is 3.21. The second-order valence-electron chi connectivity index (χ2n) is 3.90. The summed E-state index contributed by atoms with van der Waals surface area (Å²) in [5.41, 5.74) is 7.49. The van der Waals surface area contributed by atoms with Gasteiger partial charge in [-0.2, -0.15) is 11.8 Å². The molecule has 1 unspecified atom stereocenters. The zero-order valence-corrected chi connectivity index (χ0v) is 10.6. The van der Waals surface area contributed by atoms with Crippen LogP contribution in [0.4, 0.5) is 5.69 Å². The van der Waals surface area contributed by atoms with Crippen LogP contribution in [0.2, 0.25) is 0 Å². The monoisotopic (exact) mass is 253 g/mol. The van der Waals surface area contributed by atoms with Gasteiger partial charge in [0.25, 0.3) is 0 Å². The first-order valence-corrected chi connectivity index (χ1v) is 6.89. The Kier molecular flexibility index (Phi) is 4.01. The third kappa shape index (κ3) is 2.86. The van der Waals surface area contributed by atoms with E-state index in [0.29, 0.717) is 4.99 Å². The van der Waals surface area contributed by atoms with Gasteiger partial charge in [-0.3, -0.25) is 4.98 Å². The number of aromatic nitrogens is 1. The van der Waals surface area contributed by atoms with Gasteiger partial charge in [0.1, 0.15) is 4.99 Å². The van der Waals surface area contributed by atoms with E-state index in [1.165, 1.54) is 17.9 Å². The van der Waals surface area contributed by atoms with Gasteiger partial charge in [-0.25, -0.2) is 0 Å². The molecule has 1 fully saturated rings. The Morgan fingerprint density at radius 3 is 3.25 bits per heavy atom. The molecule has 0 aromatic carbocycles. The molecule has 2 heterocycles. The number of hydrogen-bond acceptors (Lipinski definition) is 4. The predicted octanol–water partition coefficient (Wildman–Crippen LogP) is 1.88. The zero-order chi connectivity index (χ0) is 11.4. The first-order chi connectivity index (χ1) is 7.77. The largest absolute Gasteiger partial charge is 0.389 e. The van der Waals surface area contributed by atoms with Crippen molar-refractivity contribution in [3.8, 4) is 0 Å². The molecule has 0 bridgehead atoms.